The average Bonchev–Trinajstić information content (AvgIpc) is 2.70. The molecule has 8 nitrogen and oxygen atoms in total. The van der Waals surface area contributed by atoms with Crippen molar-refractivity contribution < 1.29 is 37.7 Å². The fraction of sp³-hybridized carbons (Fsp3) is 0.619. The van der Waals surface area contributed by atoms with Crippen molar-refractivity contribution in [3.8, 4) is 5.75 Å². The van der Waals surface area contributed by atoms with Gasteiger partial charge in [-0.25, -0.2) is 18.4 Å². The maximum Gasteiger partial charge on any atom is 0.333 e. The number of halogens is 2. The van der Waals surface area contributed by atoms with Crippen molar-refractivity contribution in [2.75, 3.05) is 46.1 Å². The van der Waals surface area contributed by atoms with Gasteiger partial charge in [-0.2, -0.15) is 0 Å². The molecule has 0 heterocycles. The normalized spacial score (nSPS) is 12.3. The van der Waals surface area contributed by atoms with Crippen molar-refractivity contribution in [1.82, 2.24) is 10.2 Å². The van der Waals surface area contributed by atoms with Crippen molar-refractivity contribution in [3.05, 3.63) is 29.8 Å². The zero-order chi connectivity index (χ0) is 23.3. The molecular weight excluding hydrogens is 414 g/mol. The van der Waals surface area contributed by atoms with Crippen molar-refractivity contribution in [1.29, 1.82) is 0 Å². The molecule has 2 amide bonds. The summed E-state index contributed by atoms with van der Waals surface area (Å²) in [6.07, 6.45) is -0.664. The highest BCUT2D eigenvalue weighted by Gasteiger charge is 2.21. The van der Waals surface area contributed by atoms with E-state index in [2.05, 4.69) is 5.32 Å². The SMILES string of the molecule is CCNC(=O)N(CCOCC(C)(F)F)CCOc1ccc(CC(OCC)C(=O)O)cc1. The zero-order valence-electron chi connectivity index (χ0n) is 18.2. The molecule has 10 heteroatoms. The first-order valence-electron chi connectivity index (χ1n) is 10.2. The molecule has 1 atom stereocenters. The zero-order valence-corrected chi connectivity index (χ0v) is 18.2. The van der Waals surface area contributed by atoms with Gasteiger partial charge in [-0.05, 0) is 31.5 Å². The molecular formula is C21H32F2N2O6. The summed E-state index contributed by atoms with van der Waals surface area (Å²) in [5.74, 6) is -3.37. The Morgan fingerprint density at radius 1 is 1.16 bits per heavy atom. The summed E-state index contributed by atoms with van der Waals surface area (Å²) in [5.41, 5.74) is 0.794. The van der Waals surface area contributed by atoms with Gasteiger partial charge in [0.15, 0.2) is 6.10 Å². The topological polar surface area (TPSA) is 97.3 Å². The summed E-state index contributed by atoms with van der Waals surface area (Å²) >= 11 is 0. The average molecular weight is 446 g/mol. The number of amides is 2. The molecule has 0 saturated carbocycles. The van der Waals surface area contributed by atoms with E-state index in [0.717, 1.165) is 12.5 Å². The Labute approximate surface area is 181 Å². The predicted octanol–water partition coefficient (Wildman–Crippen LogP) is 2.80. The number of aliphatic carboxylic acids is 1. The third-order valence-corrected chi connectivity index (χ3v) is 4.09. The Kier molecular flexibility index (Phi) is 11.8. The van der Waals surface area contributed by atoms with Crippen LogP contribution in [0.25, 0.3) is 0 Å². The van der Waals surface area contributed by atoms with Crippen LogP contribution in [0, 0.1) is 0 Å². The first-order valence-corrected chi connectivity index (χ1v) is 10.2. The number of ether oxygens (including phenoxy) is 3. The quantitative estimate of drug-likeness (QED) is 0.402. The van der Waals surface area contributed by atoms with Crippen LogP contribution in [0.1, 0.15) is 26.3 Å². The maximum atomic E-state index is 12.8. The second-order valence-corrected chi connectivity index (χ2v) is 6.92. The molecule has 0 bridgehead atoms. The standard InChI is InChI=1S/C21H32F2N2O6/c1-4-24-20(28)25(10-12-29-15-21(3,22)23)11-13-31-17-8-6-16(7-9-17)14-18(19(26)27)30-5-2/h6-9,18H,4-5,10-15H2,1-3H3,(H,24,28)(H,26,27). The van der Waals surface area contributed by atoms with Gasteiger partial charge in [-0.15, -0.1) is 0 Å². The van der Waals surface area contributed by atoms with Gasteiger partial charge in [0.25, 0.3) is 5.92 Å². The van der Waals surface area contributed by atoms with E-state index >= 15 is 0 Å². The van der Waals surface area contributed by atoms with Gasteiger partial charge in [0.1, 0.15) is 19.0 Å². The van der Waals surface area contributed by atoms with E-state index in [-0.39, 0.29) is 38.8 Å². The number of benzene rings is 1. The van der Waals surface area contributed by atoms with Crippen LogP contribution in [-0.2, 0) is 20.7 Å². The lowest BCUT2D eigenvalue weighted by atomic mass is 10.1. The fourth-order valence-electron chi connectivity index (χ4n) is 2.63. The first-order chi connectivity index (χ1) is 14.7. The molecule has 1 aromatic carbocycles. The molecule has 0 aromatic heterocycles. The number of carbonyl (C=O) groups excluding carboxylic acids is 1. The summed E-state index contributed by atoms with van der Waals surface area (Å²) in [4.78, 5) is 24.7. The van der Waals surface area contributed by atoms with Crippen LogP contribution in [0.4, 0.5) is 13.6 Å². The molecule has 0 aliphatic heterocycles. The smallest absolute Gasteiger partial charge is 0.333 e. The van der Waals surface area contributed by atoms with E-state index in [1.165, 1.54) is 4.90 Å². The van der Waals surface area contributed by atoms with Crippen LogP contribution >= 0.6 is 0 Å². The van der Waals surface area contributed by atoms with Crippen molar-refractivity contribution in [3.63, 3.8) is 0 Å². The van der Waals surface area contributed by atoms with Gasteiger partial charge in [-0.3, -0.25) is 0 Å². The van der Waals surface area contributed by atoms with E-state index in [4.69, 9.17) is 19.3 Å². The molecule has 176 valence electrons. The molecule has 0 aliphatic rings. The number of nitrogens with zero attached hydrogens (tertiary/aromatic N) is 1. The molecule has 0 saturated heterocycles. The van der Waals surface area contributed by atoms with Crippen molar-refractivity contribution in [2.24, 2.45) is 0 Å². The Bertz CT molecular complexity index is 667. The third-order valence-electron chi connectivity index (χ3n) is 4.09. The Morgan fingerprint density at radius 2 is 1.81 bits per heavy atom. The van der Waals surface area contributed by atoms with Gasteiger partial charge in [0.2, 0.25) is 0 Å². The lowest BCUT2D eigenvalue weighted by molar-refractivity contribution is -0.149. The van der Waals surface area contributed by atoms with Crippen LogP contribution in [-0.4, -0.2) is 80.1 Å². The van der Waals surface area contributed by atoms with Gasteiger partial charge in [0.05, 0.1) is 13.2 Å². The van der Waals surface area contributed by atoms with Crippen LogP contribution in [0.3, 0.4) is 0 Å². The monoisotopic (exact) mass is 446 g/mol. The molecule has 1 rings (SSSR count). The highest BCUT2D eigenvalue weighted by Crippen LogP contribution is 2.15. The number of urea groups is 1. The van der Waals surface area contributed by atoms with Crippen LogP contribution < -0.4 is 10.1 Å². The molecule has 1 aromatic rings. The Balaban J connectivity index is 2.52. The predicted molar refractivity (Wildman–Crippen MR) is 111 cm³/mol. The van der Waals surface area contributed by atoms with Crippen molar-refractivity contribution in [2.45, 2.75) is 39.2 Å². The summed E-state index contributed by atoms with van der Waals surface area (Å²) in [5, 5.41) is 11.8. The first kappa shape index (κ1) is 26.6. The van der Waals surface area contributed by atoms with Gasteiger partial charge < -0.3 is 29.5 Å². The largest absolute Gasteiger partial charge is 0.492 e. The van der Waals surface area contributed by atoms with Gasteiger partial charge in [0, 0.05) is 33.0 Å². The van der Waals surface area contributed by atoms with Crippen LogP contribution in [0.2, 0.25) is 0 Å². The van der Waals surface area contributed by atoms with Gasteiger partial charge >= 0.3 is 12.0 Å². The minimum Gasteiger partial charge on any atom is -0.492 e. The second kappa shape index (κ2) is 13.8. The highest BCUT2D eigenvalue weighted by molar-refractivity contribution is 5.74. The molecule has 0 spiro atoms. The molecule has 0 aliphatic carbocycles. The molecule has 1 unspecified atom stereocenters. The molecule has 0 fully saturated rings. The Morgan fingerprint density at radius 3 is 2.35 bits per heavy atom. The van der Waals surface area contributed by atoms with E-state index in [9.17, 15) is 18.4 Å². The maximum absolute atomic E-state index is 12.8. The molecule has 2 N–H and O–H groups in total. The van der Waals surface area contributed by atoms with E-state index in [0.29, 0.717) is 18.9 Å². The van der Waals surface area contributed by atoms with Gasteiger partial charge in [-0.1, -0.05) is 12.1 Å². The summed E-state index contributed by atoms with van der Waals surface area (Å²) in [6, 6.07) is 6.60. The number of hydrogen-bond donors (Lipinski definition) is 2. The number of alkyl halides is 2. The lowest BCUT2D eigenvalue weighted by Gasteiger charge is -2.23. The lowest BCUT2D eigenvalue weighted by Crippen LogP contribution is -2.43. The number of carboxylic acids is 1. The van der Waals surface area contributed by atoms with E-state index in [1.54, 1.807) is 38.1 Å². The summed E-state index contributed by atoms with van der Waals surface area (Å²) in [7, 11) is 0. The number of carbonyl (C=O) groups is 2. The molecule has 0 radical (unpaired) electrons. The van der Waals surface area contributed by atoms with E-state index in [1.807, 2.05) is 0 Å². The number of hydrogen-bond acceptors (Lipinski definition) is 5. The fourth-order valence-corrected chi connectivity index (χ4v) is 2.63. The van der Waals surface area contributed by atoms with Crippen LogP contribution in [0.15, 0.2) is 24.3 Å². The minimum absolute atomic E-state index is 0.0141. The summed E-state index contributed by atoms with van der Waals surface area (Å²) in [6.45, 7) is 4.90. The molecule has 31 heavy (non-hydrogen) atoms. The number of rotatable bonds is 15. The van der Waals surface area contributed by atoms with Crippen molar-refractivity contribution >= 4 is 12.0 Å². The number of carboxylic acid groups (broad SMARTS) is 1. The van der Waals surface area contributed by atoms with Crippen LogP contribution in [0.5, 0.6) is 5.75 Å². The second-order valence-electron chi connectivity index (χ2n) is 6.92. The number of nitrogens with one attached hydrogen (secondary N) is 1. The van der Waals surface area contributed by atoms with E-state index < -0.39 is 24.6 Å². The third kappa shape index (κ3) is 11.5. The minimum atomic E-state index is -2.92. The highest BCUT2D eigenvalue weighted by atomic mass is 19.3. The Hall–Kier alpha value is -2.46. The summed E-state index contributed by atoms with van der Waals surface area (Å²) < 4.78 is 41.4.